The van der Waals surface area contributed by atoms with E-state index in [1.165, 1.54) is 0 Å². The number of amides is 1. The molecule has 3 N–H and O–H groups in total. The van der Waals surface area contributed by atoms with Crippen molar-refractivity contribution >= 4 is 34.5 Å². The molecule has 1 rings (SSSR count). The first-order valence-corrected chi connectivity index (χ1v) is 7.18. The van der Waals surface area contributed by atoms with Gasteiger partial charge in [-0.25, -0.2) is 4.98 Å². The summed E-state index contributed by atoms with van der Waals surface area (Å²) >= 11 is 6.56. The highest BCUT2D eigenvalue weighted by Crippen LogP contribution is 2.22. The molecule has 1 amide bonds. The van der Waals surface area contributed by atoms with Crippen molar-refractivity contribution in [2.24, 2.45) is 11.1 Å². The van der Waals surface area contributed by atoms with Crippen LogP contribution in [0.2, 0.25) is 0 Å². The van der Waals surface area contributed by atoms with Crippen LogP contribution in [0.4, 0.5) is 0 Å². The van der Waals surface area contributed by atoms with Gasteiger partial charge in [0.15, 0.2) is 0 Å². The van der Waals surface area contributed by atoms with Crippen LogP contribution in [0.25, 0.3) is 0 Å². The number of hydrogen-bond acceptors (Lipinski definition) is 4. The summed E-state index contributed by atoms with van der Waals surface area (Å²) in [4.78, 5) is 16.6. The molecule has 0 bridgehead atoms. The topological polar surface area (TPSA) is 68.0 Å². The molecule has 0 spiro atoms. The van der Waals surface area contributed by atoms with E-state index in [1.807, 2.05) is 19.2 Å². The van der Waals surface area contributed by atoms with Crippen LogP contribution in [0.5, 0.6) is 0 Å². The summed E-state index contributed by atoms with van der Waals surface area (Å²) in [5.74, 6) is 0.0855. The van der Waals surface area contributed by atoms with E-state index < -0.39 is 5.41 Å². The van der Waals surface area contributed by atoms with Gasteiger partial charge in [-0.15, -0.1) is 11.3 Å². The van der Waals surface area contributed by atoms with Crippen LogP contribution in [-0.4, -0.2) is 22.4 Å². The molecule has 0 saturated carbocycles. The molecule has 0 saturated heterocycles. The number of nitrogens with two attached hydrogens (primary N) is 1. The Morgan fingerprint density at radius 1 is 1.72 bits per heavy atom. The fourth-order valence-electron chi connectivity index (χ4n) is 1.45. The molecular formula is C12H19N3OS2. The van der Waals surface area contributed by atoms with Crippen LogP contribution in [-0.2, 0) is 4.79 Å². The van der Waals surface area contributed by atoms with E-state index in [2.05, 4.69) is 10.3 Å². The van der Waals surface area contributed by atoms with Crippen molar-refractivity contribution in [3.8, 4) is 0 Å². The summed E-state index contributed by atoms with van der Waals surface area (Å²) in [7, 11) is 0. The SMILES string of the molecule is CCC(C)(C(=O)NCC(C)c1nccs1)C(N)=S. The number of rotatable bonds is 6. The zero-order valence-electron chi connectivity index (χ0n) is 10.9. The second kappa shape index (κ2) is 6.24. The van der Waals surface area contributed by atoms with Crippen LogP contribution >= 0.6 is 23.6 Å². The largest absolute Gasteiger partial charge is 0.392 e. The normalized spacial score (nSPS) is 15.7. The maximum atomic E-state index is 12.1. The van der Waals surface area contributed by atoms with Gasteiger partial charge in [-0.05, 0) is 13.3 Å². The van der Waals surface area contributed by atoms with E-state index in [0.29, 0.717) is 13.0 Å². The summed E-state index contributed by atoms with van der Waals surface area (Å²) in [6.07, 6.45) is 2.36. The molecule has 0 radical (unpaired) electrons. The predicted molar refractivity (Wildman–Crippen MR) is 78.7 cm³/mol. The van der Waals surface area contributed by atoms with Gasteiger partial charge >= 0.3 is 0 Å². The quantitative estimate of drug-likeness (QED) is 0.785. The monoisotopic (exact) mass is 285 g/mol. The van der Waals surface area contributed by atoms with Gasteiger partial charge in [0, 0.05) is 24.0 Å². The van der Waals surface area contributed by atoms with E-state index in [9.17, 15) is 4.79 Å². The lowest BCUT2D eigenvalue weighted by Gasteiger charge is -2.26. The smallest absolute Gasteiger partial charge is 0.232 e. The first kappa shape index (κ1) is 15.0. The van der Waals surface area contributed by atoms with E-state index in [-0.39, 0.29) is 16.8 Å². The number of thiocarbonyl (C=S) groups is 1. The zero-order valence-corrected chi connectivity index (χ0v) is 12.5. The van der Waals surface area contributed by atoms with E-state index in [1.54, 1.807) is 24.5 Å². The molecule has 0 aliphatic heterocycles. The maximum absolute atomic E-state index is 12.1. The molecule has 0 fully saturated rings. The fourth-order valence-corrected chi connectivity index (χ4v) is 2.39. The Labute approximate surface area is 117 Å². The van der Waals surface area contributed by atoms with Gasteiger partial charge in [-0.1, -0.05) is 26.1 Å². The number of nitrogens with zero attached hydrogens (tertiary/aromatic N) is 1. The van der Waals surface area contributed by atoms with Gasteiger partial charge in [-0.2, -0.15) is 0 Å². The summed E-state index contributed by atoms with van der Waals surface area (Å²) < 4.78 is 0. The van der Waals surface area contributed by atoms with Crippen LogP contribution in [0.1, 0.15) is 38.1 Å². The molecule has 0 aromatic carbocycles. The molecule has 4 nitrogen and oxygen atoms in total. The van der Waals surface area contributed by atoms with Crippen LogP contribution in [0, 0.1) is 5.41 Å². The average molecular weight is 285 g/mol. The molecular weight excluding hydrogens is 266 g/mol. The lowest BCUT2D eigenvalue weighted by atomic mass is 9.86. The number of thiazole rings is 1. The second-order valence-corrected chi connectivity index (χ2v) is 5.90. The fraction of sp³-hybridized carbons (Fsp3) is 0.583. The number of carbonyl (C=O) groups excluding carboxylic acids is 1. The third kappa shape index (κ3) is 3.26. The van der Waals surface area contributed by atoms with E-state index in [0.717, 1.165) is 5.01 Å². The van der Waals surface area contributed by atoms with E-state index in [4.69, 9.17) is 18.0 Å². The van der Waals surface area contributed by atoms with Crippen molar-refractivity contribution < 1.29 is 4.79 Å². The Morgan fingerprint density at radius 2 is 2.39 bits per heavy atom. The van der Waals surface area contributed by atoms with Crippen LogP contribution in [0.3, 0.4) is 0 Å². The predicted octanol–water partition coefficient (Wildman–Crippen LogP) is 2.07. The standard InChI is InChI=1S/C12H19N3OS2/c1-4-12(3,10(13)17)11(16)15-7-8(2)9-14-5-6-18-9/h5-6,8H,4,7H2,1-3H3,(H2,13,17)(H,15,16). The van der Waals surface area contributed by atoms with Gasteiger partial charge < -0.3 is 11.1 Å². The number of nitrogens with one attached hydrogen (secondary N) is 1. The van der Waals surface area contributed by atoms with Gasteiger partial charge in [0.05, 0.1) is 15.4 Å². The average Bonchev–Trinajstić information content (AvgIpc) is 2.87. The molecule has 100 valence electrons. The second-order valence-electron chi connectivity index (χ2n) is 4.53. The highest BCUT2D eigenvalue weighted by Gasteiger charge is 2.34. The number of aromatic nitrogens is 1. The summed E-state index contributed by atoms with van der Waals surface area (Å²) in [5.41, 5.74) is 4.88. The molecule has 0 aliphatic rings. The van der Waals surface area contributed by atoms with Gasteiger partial charge in [0.1, 0.15) is 0 Å². The Kier molecular flexibility index (Phi) is 5.22. The molecule has 2 unspecified atom stereocenters. The lowest BCUT2D eigenvalue weighted by molar-refractivity contribution is -0.127. The van der Waals surface area contributed by atoms with E-state index >= 15 is 0 Å². The van der Waals surface area contributed by atoms with Crippen molar-refractivity contribution in [1.29, 1.82) is 0 Å². The minimum absolute atomic E-state index is 0.110. The minimum Gasteiger partial charge on any atom is -0.392 e. The molecule has 2 atom stereocenters. The highest BCUT2D eigenvalue weighted by molar-refractivity contribution is 7.80. The van der Waals surface area contributed by atoms with Crippen LogP contribution < -0.4 is 11.1 Å². The summed E-state index contributed by atoms with van der Waals surface area (Å²) in [6, 6.07) is 0. The molecule has 1 aromatic rings. The lowest BCUT2D eigenvalue weighted by Crippen LogP contribution is -2.47. The van der Waals surface area contributed by atoms with Crippen LogP contribution in [0.15, 0.2) is 11.6 Å². The molecule has 0 aliphatic carbocycles. The van der Waals surface area contributed by atoms with Crippen molar-refractivity contribution in [3.05, 3.63) is 16.6 Å². The van der Waals surface area contributed by atoms with Gasteiger partial charge in [0.2, 0.25) is 5.91 Å². The molecule has 1 heterocycles. The minimum atomic E-state index is -0.766. The first-order valence-electron chi connectivity index (χ1n) is 5.89. The third-order valence-corrected chi connectivity index (χ3v) is 4.65. The Morgan fingerprint density at radius 3 is 2.83 bits per heavy atom. The maximum Gasteiger partial charge on any atom is 0.232 e. The van der Waals surface area contributed by atoms with Gasteiger partial charge in [0.25, 0.3) is 0 Å². The summed E-state index contributed by atoms with van der Waals surface area (Å²) in [5, 5.41) is 5.85. The Hall–Kier alpha value is -1.01. The van der Waals surface area contributed by atoms with Crippen molar-refractivity contribution in [2.75, 3.05) is 6.54 Å². The zero-order chi connectivity index (χ0) is 13.8. The molecule has 18 heavy (non-hydrogen) atoms. The highest BCUT2D eigenvalue weighted by atomic mass is 32.1. The number of carbonyl (C=O) groups is 1. The van der Waals surface area contributed by atoms with Crippen molar-refractivity contribution in [1.82, 2.24) is 10.3 Å². The first-order chi connectivity index (χ1) is 8.41. The number of hydrogen-bond donors (Lipinski definition) is 2. The van der Waals surface area contributed by atoms with Gasteiger partial charge in [-0.3, -0.25) is 4.79 Å². The Bertz CT molecular complexity index is 419. The molecule has 1 aromatic heterocycles. The Balaban J connectivity index is 2.58. The van der Waals surface area contributed by atoms with Crippen molar-refractivity contribution in [3.63, 3.8) is 0 Å². The summed E-state index contributed by atoms with van der Waals surface area (Å²) in [6.45, 7) is 6.26. The third-order valence-electron chi connectivity index (χ3n) is 3.19. The molecule has 6 heteroatoms. The van der Waals surface area contributed by atoms with Crippen molar-refractivity contribution in [2.45, 2.75) is 33.1 Å².